The topological polar surface area (TPSA) is 53.1 Å². The molecule has 0 radical (unpaired) electrons. The Bertz CT molecular complexity index is 557. The highest BCUT2D eigenvalue weighted by molar-refractivity contribution is 5.77. The molecule has 1 aliphatic rings. The van der Waals surface area contributed by atoms with Crippen molar-refractivity contribution in [2.75, 3.05) is 6.61 Å². The van der Waals surface area contributed by atoms with Gasteiger partial charge in [0.2, 0.25) is 0 Å². The summed E-state index contributed by atoms with van der Waals surface area (Å²) < 4.78 is 7.85. The maximum atomic E-state index is 5.68. The van der Waals surface area contributed by atoms with Crippen LogP contribution in [0.25, 0.3) is 11.0 Å². The maximum absolute atomic E-state index is 5.68. The zero-order chi connectivity index (χ0) is 12.5. The predicted molar refractivity (Wildman–Crippen MR) is 71.2 cm³/mol. The second kappa shape index (κ2) is 4.71. The summed E-state index contributed by atoms with van der Waals surface area (Å²) in [6.07, 6.45) is 2.51. The van der Waals surface area contributed by atoms with Gasteiger partial charge in [0.25, 0.3) is 0 Å². The Kier molecular flexibility index (Phi) is 3.06. The zero-order valence-corrected chi connectivity index (χ0v) is 10.7. The van der Waals surface area contributed by atoms with Crippen molar-refractivity contribution in [2.45, 2.75) is 39.0 Å². The molecular weight excluding hydrogens is 226 g/mol. The first-order chi connectivity index (χ1) is 8.83. The summed E-state index contributed by atoms with van der Waals surface area (Å²) in [5.74, 6) is 1.04. The summed E-state index contributed by atoms with van der Waals surface area (Å²) in [5, 5.41) is 0. The molecule has 0 spiro atoms. The van der Waals surface area contributed by atoms with Crippen LogP contribution in [-0.2, 0) is 17.9 Å². The van der Waals surface area contributed by atoms with Crippen LogP contribution >= 0.6 is 0 Å². The number of rotatable bonds is 5. The van der Waals surface area contributed by atoms with Gasteiger partial charge in [-0.3, -0.25) is 0 Å². The van der Waals surface area contributed by atoms with E-state index in [1.165, 1.54) is 18.4 Å². The minimum Gasteiger partial charge on any atom is -0.374 e. The molecule has 2 N–H and O–H groups in total. The van der Waals surface area contributed by atoms with Crippen LogP contribution in [0.15, 0.2) is 18.2 Å². The molecular formula is C14H19N3O. The van der Waals surface area contributed by atoms with Crippen LogP contribution in [-0.4, -0.2) is 16.2 Å². The van der Waals surface area contributed by atoms with Crippen LogP contribution in [0.1, 0.15) is 37.2 Å². The number of nitrogens with zero attached hydrogens (tertiary/aromatic N) is 2. The lowest BCUT2D eigenvalue weighted by molar-refractivity contribution is 0.126. The van der Waals surface area contributed by atoms with E-state index >= 15 is 0 Å². The van der Waals surface area contributed by atoms with Crippen LogP contribution in [0.3, 0.4) is 0 Å². The number of hydrogen-bond acceptors (Lipinski definition) is 3. The van der Waals surface area contributed by atoms with E-state index in [2.05, 4.69) is 22.8 Å². The first kappa shape index (κ1) is 11.7. The number of ether oxygens (including phenoxy) is 1. The van der Waals surface area contributed by atoms with Crippen LogP contribution in [0, 0.1) is 0 Å². The largest absolute Gasteiger partial charge is 0.374 e. The molecule has 0 unspecified atom stereocenters. The maximum Gasteiger partial charge on any atom is 0.136 e. The predicted octanol–water partition coefficient (Wildman–Crippen LogP) is 2.37. The number of aromatic nitrogens is 2. The number of imidazole rings is 1. The van der Waals surface area contributed by atoms with Crippen molar-refractivity contribution in [3.8, 4) is 0 Å². The molecule has 4 heteroatoms. The Balaban J connectivity index is 2.06. The Morgan fingerprint density at radius 3 is 2.94 bits per heavy atom. The lowest BCUT2D eigenvalue weighted by Gasteiger charge is -2.07. The van der Waals surface area contributed by atoms with Crippen LogP contribution < -0.4 is 5.73 Å². The average molecular weight is 245 g/mol. The molecule has 0 atom stereocenters. The van der Waals surface area contributed by atoms with Gasteiger partial charge < -0.3 is 15.0 Å². The van der Waals surface area contributed by atoms with Gasteiger partial charge in [0, 0.05) is 19.2 Å². The van der Waals surface area contributed by atoms with E-state index in [4.69, 9.17) is 15.5 Å². The Morgan fingerprint density at radius 1 is 1.44 bits per heavy atom. The molecule has 2 aromatic rings. The molecule has 0 amide bonds. The van der Waals surface area contributed by atoms with Gasteiger partial charge in [0.05, 0.1) is 11.0 Å². The third-order valence-electron chi connectivity index (χ3n) is 3.41. The van der Waals surface area contributed by atoms with Crippen molar-refractivity contribution in [3.05, 3.63) is 29.6 Å². The van der Waals surface area contributed by atoms with E-state index < -0.39 is 0 Å². The SMILES string of the molecule is CCOCc1nc2cc(CN)ccc2n1C1CC1. The number of hydrogen-bond donors (Lipinski definition) is 1. The standard InChI is InChI=1S/C14H19N3O/c1-2-18-9-14-16-12-7-10(8-15)3-6-13(12)17(14)11-4-5-11/h3,6-7,11H,2,4-5,8-9,15H2,1H3. The molecule has 18 heavy (non-hydrogen) atoms. The van der Waals surface area contributed by atoms with Crippen LogP contribution in [0.4, 0.5) is 0 Å². The summed E-state index contributed by atoms with van der Waals surface area (Å²) in [4.78, 5) is 4.70. The first-order valence-electron chi connectivity index (χ1n) is 6.61. The summed E-state index contributed by atoms with van der Waals surface area (Å²) in [5.41, 5.74) is 9.06. The second-order valence-electron chi connectivity index (χ2n) is 4.79. The second-order valence-corrected chi connectivity index (χ2v) is 4.79. The molecule has 1 aliphatic carbocycles. The minimum atomic E-state index is 0.563. The molecule has 96 valence electrons. The Morgan fingerprint density at radius 2 is 2.28 bits per heavy atom. The van der Waals surface area contributed by atoms with Crippen LogP contribution in [0.2, 0.25) is 0 Å². The fourth-order valence-electron chi connectivity index (χ4n) is 2.36. The third-order valence-corrected chi connectivity index (χ3v) is 3.41. The van der Waals surface area contributed by atoms with Gasteiger partial charge in [-0.05, 0) is 37.5 Å². The first-order valence-corrected chi connectivity index (χ1v) is 6.61. The summed E-state index contributed by atoms with van der Waals surface area (Å²) in [6.45, 7) is 3.89. The van der Waals surface area contributed by atoms with Crippen molar-refractivity contribution in [1.29, 1.82) is 0 Å². The van der Waals surface area contributed by atoms with Crippen molar-refractivity contribution >= 4 is 11.0 Å². The molecule has 0 aliphatic heterocycles. The smallest absolute Gasteiger partial charge is 0.136 e. The monoisotopic (exact) mass is 245 g/mol. The van der Waals surface area contributed by atoms with E-state index in [0.29, 0.717) is 19.2 Å². The molecule has 1 aromatic heterocycles. The summed E-state index contributed by atoms with van der Waals surface area (Å²) in [6, 6.07) is 6.93. The number of fused-ring (bicyclic) bond motifs is 1. The minimum absolute atomic E-state index is 0.563. The van der Waals surface area contributed by atoms with Crippen molar-refractivity contribution in [2.24, 2.45) is 5.73 Å². The Labute approximate surface area is 107 Å². The van der Waals surface area contributed by atoms with Gasteiger partial charge in [0.1, 0.15) is 12.4 Å². The quantitative estimate of drug-likeness (QED) is 0.879. The molecule has 4 nitrogen and oxygen atoms in total. The van der Waals surface area contributed by atoms with Crippen LogP contribution in [0.5, 0.6) is 0 Å². The molecule has 1 saturated carbocycles. The summed E-state index contributed by atoms with van der Waals surface area (Å²) >= 11 is 0. The van der Waals surface area contributed by atoms with Gasteiger partial charge >= 0.3 is 0 Å². The molecule has 1 heterocycles. The molecule has 3 rings (SSSR count). The molecule has 1 aromatic carbocycles. The van der Waals surface area contributed by atoms with Crippen molar-refractivity contribution in [1.82, 2.24) is 9.55 Å². The molecule has 0 saturated heterocycles. The normalized spacial score (nSPS) is 15.4. The lowest BCUT2D eigenvalue weighted by atomic mass is 10.2. The van der Waals surface area contributed by atoms with Gasteiger partial charge in [-0.2, -0.15) is 0 Å². The third kappa shape index (κ3) is 2.02. The average Bonchev–Trinajstić information content (AvgIpc) is 3.16. The van der Waals surface area contributed by atoms with E-state index in [0.717, 1.165) is 23.5 Å². The molecule has 1 fully saturated rings. The van der Waals surface area contributed by atoms with Crippen molar-refractivity contribution in [3.63, 3.8) is 0 Å². The van der Waals surface area contributed by atoms with Gasteiger partial charge in [0.15, 0.2) is 0 Å². The van der Waals surface area contributed by atoms with Gasteiger partial charge in [-0.15, -0.1) is 0 Å². The molecule has 0 bridgehead atoms. The number of benzene rings is 1. The van der Waals surface area contributed by atoms with Gasteiger partial charge in [-0.1, -0.05) is 6.07 Å². The fraction of sp³-hybridized carbons (Fsp3) is 0.500. The summed E-state index contributed by atoms with van der Waals surface area (Å²) in [7, 11) is 0. The van der Waals surface area contributed by atoms with Crippen molar-refractivity contribution < 1.29 is 4.74 Å². The van der Waals surface area contributed by atoms with Gasteiger partial charge in [-0.25, -0.2) is 4.98 Å². The fourth-order valence-corrected chi connectivity index (χ4v) is 2.36. The van der Waals surface area contributed by atoms with E-state index in [1.807, 2.05) is 6.92 Å². The highest BCUT2D eigenvalue weighted by atomic mass is 16.5. The van der Waals surface area contributed by atoms with E-state index in [9.17, 15) is 0 Å². The Hall–Kier alpha value is -1.39. The number of nitrogens with two attached hydrogens (primary N) is 1. The zero-order valence-electron chi connectivity index (χ0n) is 10.7. The lowest BCUT2D eigenvalue weighted by Crippen LogP contribution is -2.04. The van der Waals surface area contributed by atoms with E-state index in [1.54, 1.807) is 0 Å². The highest BCUT2D eigenvalue weighted by Gasteiger charge is 2.28. The highest BCUT2D eigenvalue weighted by Crippen LogP contribution is 2.38. The van der Waals surface area contributed by atoms with E-state index in [-0.39, 0.29) is 0 Å².